The molecule has 0 spiro atoms. The van der Waals surface area contributed by atoms with Gasteiger partial charge >= 0.3 is 5.97 Å². The molecule has 0 radical (unpaired) electrons. The summed E-state index contributed by atoms with van der Waals surface area (Å²) in [7, 11) is 0. The van der Waals surface area contributed by atoms with Gasteiger partial charge < -0.3 is 15.2 Å². The summed E-state index contributed by atoms with van der Waals surface area (Å²) in [5.41, 5.74) is 9.37. The lowest BCUT2D eigenvalue weighted by atomic mass is 9.85. The van der Waals surface area contributed by atoms with E-state index in [0.717, 1.165) is 16.7 Å². The van der Waals surface area contributed by atoms with Gasteiger partial charge in [0.2, 0.25) is 5.88 Å². The largest absolute Gasteiger partial charge is 0.466 e. The summed E-state index contributed by atoms with van der Waals surface area (Å²) in [6.45, 7) is 2.10. The molecule has 3 rings (SSSR count). The van der Waals surface area contributed by atoms with Crippen LogP contribution in [0.5, 0.6) is 5.75 Å². The van der Waals surface area contributed by atoms with Crippen LogP contribution in [0.3, 0.4) is 0 Å². The number of carbonyl (C=O) groups is 1. The van der Waals surface area contributed by atoms with Gasteiger partial charge in [0.15, 0.2) is 0 Å². The number of allylic oxidation sites excluding steroid dienone is 1. The predicted molar refractivity (Wildman–Crippen MR) is 96.5 cm³/mol. The summed E-state index contributed by atoms with van der Waals surface area (Å²) in [6, 6.07) is 15.8. The fraction of sp³-hybridized carbons (Fsp3) is 0.190. The van der Waals surface area contributed by atoms with Gasteiger partial charge in [0.25, 0.3) is 0 Å². The number of benzene rings is 2. The molecule has 1 aliphatic rings. The van der Waals surface area contributed by atoms with Crippen LogP contribution in [0.1, 0.15) is 24.8 Å². The maximum absolute atomic E-state index is 12.0. The number of ether oxygens (including phenoxy) is 2. The van der Waals surface area contributed by atoms with Crippen molar-refractivity contribution < 1.29 is 14.3 Å². The Bertz CT molecular complexity index is 862. The van der Waals surface area contributed by atoms with Crippen LogP contribution < -0.4 is 10.5 Å². The molecule has 4 nitrogen and oxygen atoms in total. The first-order valence-corrected chi connectivity index (χ1v) is 8.13. The van der Waals surface area contributed by atoms with Crippen molar-refractivity contribution in [2.75, 3.05) is 6.61 Å². The maximum Gasteiger partial charge on any atom is 0.306 e. The van der Waals surface area contributed by atoms with Crippen molar-refractivity contribution >= 4 is 5.97 Å². The Labute approximate surface area is 147 Å². The predicted octanol–water partition coefficient (Wildman–Crippen LogP) is 3.59. The van der Waals surface area contributed by atoms with Gasteiger partial charge in [-0.05, 0) is 30.2 Å². The maximum atomic E-state index is 12.0. The number of hydrogen-bond donors (Lipinski definition) is 1. The van der Waals surface area contributed by atoms with Crippen LogP contribution in [-0.2, 0) is 9.53 Å². The van der Waals surface area contributed by atoms with Crippen molar-refractivity contribution in [1.82, 2.24) is 0 Å². The molecule has 4 heteroatoms. The van der Waals surface area contributed by atoms with Gasteiger partial charge in [-0.15, -0.1) is 6.42 Å². The number of terminal acetylenes is 1. The average Bonchev–Trinajstić information content (AvgIpc) is 2.62. The van der Waals surface area contributed by atoms with Gasteiger partial charge in [0.1, 0.15) is 5.75 Å². The summed E-state index contributed by atoms with van der Waals surface area (Å²) in [5.74, 6) is 2.69. The van der Waals surface area contributed by atoms with Crippen LogP contribution in [0.2, 0.25) is 0 Å². The molecule has 0 amide bonds. The van der Waals surface area contributed by atoms with Crippen LogP contribution in [0.25, 0.3) is 11.1 Å². The minimum Gasteiger partial charge on any atom is -0.466 e. The van der Waals surface area contributed by atoms with Gasteiger partial charge in [-0.1, -0.05) is 42.3 Å². The Morgan fingerprint density at radius 2 is 2.00 bits per heavy atom. The van der Waals surface area contributed by atoms with Crippen LogP contribution >= 0.6 is 0 Å². The molecular weight excluding hydrogens is 314 g/mol. The van der Waals surface area contributed by atoms with Crippen molar-refractivity contribution in [3.8, 4) is 29.2 Å². The molecule has 2 N–H and O–H groups in total. The molecule has 2 aromatic carbocycles. The summed E-state index contributed by atoms with van der Waals surface area (Å²) >= 11 is 0. The molecule has 0 aliphatic carbocycles. The monoisotopic (exact) mass is 333 g/mol. The van der Waals surface area contributed by atoms with E-state index in [1.807, 2.05) is 48.5 Å². The molecule has 1 atom stereocenters. The summed E-state index contributed by atoms with van der Waals surface area (Å²) in [4.78, 5) is 12.0. The van der Waals surface area contributed by atoms with Gasteiger partial charge in [-0.3, -0.25) is 4.79 Å². The van der Waals surface area contributed by atoms with Crippen molar-refractivity contribution in [2.45, 2.75) is 19.3 Å². The summed E-state index contributed by atoms with van der Waals surface area (Å²) in [5, 5.41) is 0. The Kier molecular flexibility index (Phi) is 4.76. The van der Waals surface area contributed by atoms with E-state index in [-0.39, 0.29) is 24.2 Å². The third-order valence-electron chi connectivity index (χ3n) is 4.16. The second-order valence-electron chi connectivity index (χ2n) is 5.70. The molecule has 25 heavy (non-hydrogen) atoms. The highest BCUT2D eigenvalue weighted by molar-refractivity contribution is 5.74. The number of rotatable bonds is 4. The standard InChI is InChI=1S/C21H19NO3/c1-3-16-17(13-20(23)24-4-2)18-12-15(14-8-6-5-7-9-14)10-11-19(18)25-21(16)22/h1,5-12,17H,4,13,22H2,2H3. The lowest BCUT2D eigenvalue weighted by Gasteiger charge is -2.26. The Morgan fingerprint density at radius 3 is 2.68 bits per heavy atom. The Morgan fingerprint density at radius 1 is 1.24 bits per heavy atom. The molecule has 126 valence electrons. The van der Waals surface area contributed by atoms with Crippen molar-refractivity contribution in [2.24, 2.45) is 5.73 Å². The van der Waals surface area contributed by atoms with Crippen molar-refractivity contribution in [3.05, 3.63) is 65.6 Å². The van der Waals surface area contributed by atoms with Gasteiger partial charge in [-0.2, -0.15) is 0 Å². The number of carbonyl (C=O) groups excluding carboxylic acids is 1. The minimum atomic E-state index is -0.350. The average molecular weight is 333 g/mol. The number of hydrogen-bond acceptors (Lipinski definition) is 4. The second kappa shape index (κ2) is 7.14. The molecular formula is C21H19NO3. The van der Waals surface area contributed by atoms with E-state index >= 15 is 0 Å². The van der Waals surface area contributed by atoms with Crippen LogP contribution in [0.4, 0.5) is 0 Å². The zero-order valence-corrected chi connectivity index (χ0v) is 14.0. The van der Waals surface area contributed by atoms with E-state index in [1.54, 1.807) is 6.92 Å². The molecule has 1 unspecified atom stereocenters. The van der Waals surface area contributed by atoms with Gasteiger partial charge in [0, 0.05) is 11.5 Å². The van der Waals surface area contributed by atoms with Gasteiger partial charge in [0.05, 0.1) is 18.6 Å². The molecule has 1 heterocycles. The first kappa shape index (κ1) is 16.7. The first-order chi connectivity index (χ1) is 12.1. The van der Waals surface area contributed by atoms with Crippen LogP contribution in [0.15, 0.2) is 60.0 Å². The molecule has 0 aromatic heterocycles. The third kappa shape index (κ3) is 3.36. The number of nitrogens with two attached hydrogens (primary N) is 1. The van der Waals surface area contributed by atoms with E-state index in [9.17, 15) is 4.79 Å². The van der Waals surface area contributed by atoms with E-state index < -0.39 is 0 Å². The highest BCUT2D eigenvalue weighted by Crippen LogP contribution is 2.41. The molecule has 1 aliphatic heterocycles. The van der Waals surface area contributed by atoms with Crippen LogP contribution in [0, 0.1) is 12.3 Å². The first-order valence-electron chi connectivity index (χ1n) is 8.13. The summed E-state index contributed by atoms with van der Waals surface area (Å²) < 4.78 is 10.8. The van der Waals surface area contributed by atoms with Gasteiger partial charge in [-0.25, -0.2) is 0 Å². The third-order valence-corrected chi connectivity index (χ3v) is 4.16. The Balaban J connectivity index is 2.05. The second-order valence-corrected chi connectivity index (χ2v) is 5.70. The van der Waals surface area contributed by atoms with Crippen molar-refractivity contribution in [1.29, 1.82) is 0 Å². The minimum absolute atomic E-state index is 0.128. The Hall–Kier alpha value is -3.19. The lowest BCUT2D eigenvalue weighted by Crippen LogP contribution is -2.22. The van der Waals surface area contributed by atoms with E-state index in [1.165, 1.54) is 0 Å². The normalized spacial score (nSPS) is 15.8. The van der Waals surface area contributed by atoms with Crippen molar-refractivity contribution in [3.63, 3.8) is 0 Å². The fourth-order valence-electron chi connectivity index (χ4n) is 2.99. The zero-order valence-electron chi connectivity index (χ0n) is 14.0. The topological polar surface area (TPSA) is 61.5 Å². The quantitative estimate of drug-likeness (QED) is 0.686. The number of esters is 1. The van der Waals surface area contributed by atoms with E-state index in [4.69, 9.17) is 21.6 Å². The van der Waals surface area contributed by atoms with Crippen LogP contribution in [-0.4, -0.2) is 12.6 Å². The smallest absolute Gasteiger partial charge is 0.306 e. The SMILES string of the molecule is C#CC1=C(N)Oc2ccc(-c3ccccc3)cc2C1CC(=O)OCC. The molecule has 0 bridgehead atoms. The number of fused-ring (bicyclic) bond motifs is 1. The molecule has 0 saturated carbocycles. The molecule has 0 fully saturated rings. The van der Waals surface area contributed by atoms with E-state index in [0.29, 0.717) is 17.9 Å². The molecule has 2 aromatic rings. The zero-order chi connectivity index (χ0) is 17.8. The fourth-order valence-corrected chi connectivity index (χ4v) is 2.99. The highest BCUT2D eigenvalue weighted by atomic mass is 16.5. The molecule has 0 saturated heterocycles. The van der Waals surface area contributed by atoms with E-state index in [2.05, 4.69) is 5.92 Å². The highest BCUT2D eigenvalue weighted by Gasteiger charge is 2.30. The lowest BCUT2D eigenvalue weighted by molar-refractivity contribution is -0.143. The summed E-state index contributed by atoms with van der Waals surface area (Å²) in [6.07, 6.45) is 5.75.